The molecule has 1 rings (SSSR count). The van der Waals surface area contributed by atoms with Crippen LogP contribution < -0.4 is 5.32 Å². The Balaban J connectivity index is 2.75. The highest BCUT2D eigenvalue weighted by Gasteiger charge is 2.34. The van der Waals surface area contributed by atoms with Crippen molar-refractivity contribution in [3.63, 3.8) is 0 Å². The van der Waals surface area contributed by atoms with Gasteiger partial charge in [-0.05, 0) is 46.6 Å². The van der Waals surface area contributed by atoms with Crippen LogP contribution in [0.2, 0.25) is 0 Å². The first-order valence-electron chi connectivity index (χ1n) is 6.23. The first-order valence-corrected chi connectivity index (χ1v) is 6.23. The second-order valence-electron chi connectivity index (χ2n) is 6.65. The molecule has 1 heterocycles. The van der Waals surface area contributed by atoms with E-state index in [0.29, 0.717) is 5.54 Å². The van der Waals surface area contributed by atoms with E-state index in [2.05, 4.69) is 51.8 Å². The third-order valence-corrected chi connectivity index (χ3v) is 3.37. The van der Waals surface area contributed by atoms with Crippen LogP contribution in [0.5, 0.6) is 0 Å². The van der Waals surface area contributed by atoms with E-state index in [4.69, 9.17) is 0 Å². The minimum atomic E-state index is 0.253. The molecule has 0 aliphatic carbocycles. The monoisotopic (exact) mass is 212 g/mol. The number of hydrogen-bond donors (Lipinski definition) is 1. The van der Waals surface area contributed by atoms with Crippen LogP contribution >= 0.6 is 0 Å². The third-order valence-electron chi connectivity index (χ3n) is 3.37. The molecule has 1 aliphatic heterocycles. The molecule has 0 aromatic heterocycles. The molecule has 0 spiro atoms. The summed E-state index contributed by atoms with van der Waals surface area (Å²) in [5.74, 6) is 0.748. The number of nitrogens with zero attached hydrogens (tertiary/aromatic N) is 1. The van der Waals surface area contributed by atoms with Crippen molar-refractivity contribution < 1.29 is 0 Å². The van der Waals surface area contributed by atoms with Gasteiger partial charge in [0, 0.05) is 24.2 Å². The van der Waals surface area contributed by atoms with Gasteiger partial charge in [-0.3, -0.25) is 4.90 Å². The van der Waals surface area contributed by atoms with Crippen LogP contribution in [0.1, 0.15) is 48.0 Å². The van der Waals surface area contributed by atoms with Crippen LogP contribution in [0.4, 0.5) is 0 Å². The van der Waals surface area contributed by atoms with Crippen LogP contribution in [0, 0.1) is 5.92 Å². The van der Waals surface area contributed by atoms with E-state index in [1.807, 2.05) is 0 Å². The first-order chi connectivity index (χ1) is 6.73. The van der Waals surface area contributed by atoms with E-state index < -0.39 is 0 Å². The Morgan fingerprint density at radius 2 is 1.80 bits per heavy atom. The SMILES string of the molecule is CC(C)CN1CC(C)(C)NCCC1(C)C. The molecule has 0 atom stereocenters. The molecular weight excluding hydrogens is 184 g/mol. The van der Waals surface area contributed by atoms with Gasteiger partial charge in [0.15, 0.2) is 0 Å². The maximum Gasteiger partial charge on any atom is 0.0252 e. The summed E-state index contributed by atoms with van der Waals surface area (Å²) in [6.07, 6.45) is 1.24. The Kier molecular flexibility index (Phi) is 3.83. The van der Waals surface area contributed by atoms with Crippen LogP contribution in [-0.2, 0) is 0 Å². The van der Waals surface area contributed by atoms with Crippen molar-refractivity contribution in [2.24, 2.45) is 5.92 Å². The van der Waals surface area contributed by atoms with Crippen LogP contribution in [-0.4, -0.2) is 35.6 Å². The predicted octanol–water partition coefficient (Wildman–Crippen LogP) is 2.49. The van der Waals surface area contributed by atoms with Crippen molar-refractivity contribution in [2.75, 3.05) is 19.6 Å². The van der Waals surface area contributed by atoms with Crippen molar-refractivity contribution in [3.8, 4) is 0 Å². The lowest BCUT2D eigenvalue weighted by molar-refractivity contribution is 0.0924. The van der Waals surface area contributed by atoms with Gasteiger partial charge in [-0.1, -0.05) is 13.8 Å². The van der Waals surface area contributed by atoms with Crippen molar-refractivity contribution in [3.05, 3.63) is 0 Å². The summed E-state index contributed by atoms with van der Waals surface area (Å²) in [7, 11) is 0. The smallest absolute Gasteiger partial charge is 0.0252 e. The van der Waals surface area contributed by atoms with Crippen LogP contribution in [0.25, 0.3) is 0 Å². The number of nitrogens with one attached hydrogen (secondary N) is 1. The average molecular weight is 212 g/mol. The highest BCUT2D eigenvalue weighted by Crippen LogP contribution is 2.25. The van der Waals surface area contributed by atoms with Gasteiger partial charge in [-0.25, -0.2) is 0 Å². The Hall–Kier alpha value is -0.0800. The Labute approximate surface area is 95.4 Å². The van der Waals surface area contributed by atoms with Crippen molar-refractivity contribution >= 4 is 0 Å². The molecule has 2 heteroatoms. The molecule has 0 aromatic rings. The summed E-state index contributed by atoms with van der Waals surface area (Å²) in [4.78, 5) is 2.65. The second-order valence-corrected chi connectivity index (χ2v) is 6.65. The number of rotatable bonds is 2. The highest BCUT2D eigenvalue weighted by molar-refractivity contribution is 4.93. The fourth-order valence-corrected chi connectivity index (χ4v) is 2.36. The predicted molar refractivity (Wildman–Crippen MR) is 67.2 cm³/mol. The zero-order valence-electron chi connectivity index (χ0n) is 11.4. The highest BCUT2D eigenvalue weighted by atomic mass is 15.2. The summed E-state index contributed by atoms with van der Waals surface area (Å²) in [6.45, 7) is 17.5. The topological polar surface area (TPSA) is 15.3 Å². The van der Waals surface area contributed by atoms with Crippen LogP contribution in [0.15, 0.2) is 0 Å². The van der Waals surface area contributed by atoms with Crippen molar-refractivity contribution in [1.82, 2.24) is 10.2 Å². The minimum absolute atomic E-state index is 0.253. The first kappa shape index (κ1) is 13.0. The second kappa shape index (κ2) is 4.42. The molecule has 1 saturated heterocycles. The molecule has 90 valence electrons. The number of hydrogen-bond acceptors (Lipinski definition) is 2. The molecule has 0 saturated carbocycles. The summed E-state index contributed by atoms with van der Waals surface area (Å²) >= 11 is 0. The summed E-state index contributed by atoms with van der Waals surface area (Å²) in [5, 5.41) is 3.64. The molecule has 1 N–H and O–H groups in total. The van der Waals surface area contributed by atoms with E-state index in [0.717, 1.165) is 19.0 Å². The van der Waals surface area contributed by atoms with E-state index in [1.165, 1.54) is 13.0 Å². The molecule has 1 fully saturated rings. The Morgan fingerprint density at radius 3 is 2.33 bits per heavy atom. The zero-order valence-corrected chi connectivity index (χ0v) is 11.4. The van der Waals surface area contributed by atoms with Gasteiger partial charge in [-0.15, -0.1) is 0 Å². The Bertz CT molecular complexity index is 207. The summed E-state index contributed by atoms with van der Waals surface area (Å²) in [5.41, 5.74) is 0.591. The molecule has 1 aliphatic rings. The van der Waals surface area contributed by atoms with Crippen molar-refractivity contribution in [1.29, 1.82) is 0 Å². The van der Waals surface area contributed by atoms with E-state index in [1.54, 1.807) is 0 Å². The lowest BCUT2D eigenvalue weighted by Crippen LogP contribution is -2.51. The molecule has 2 nitrogen and oxygen atoms in total. The van der Waals surface area contributed by atoms with E-state index in [9.17, 15) is 0 Å². The standard InChI is InChI=1S/C13H28N2/c1-11(2)9-15-10-12(3,4)14-8-7-13(15,5)6/h11,14H,7-10H2,1-6H3. The van der Waals surface area contributed by atoms with Gasteiger partial charge < -0.3 is 5.32 Å². The maximum atomic E-state index is 3.64. The lowest BCUT2D eigenvalue weighted by Gasteiger charge is -2.40. The van der Waals surface area contributed by atoms with Gasteiger partial charge >= 0.3 is 0 Å². The lowest BCUT2D eigenvalue weighted by atomic mass is 9.96. The molecular formula is C13H28N2. The summed E-state index contributed by atoms with van der Waals surface area (Å²) < 4.78 is 0. The average Bonchev–Trinajstić information content (AvgIpc) is 2.07. The fourth-order valence-electron chi connectivity index (χ4n) is 2.36. The van der Waals surface area contributed by atoms with Gasteiger partial charge in [0.2, 0.25) is 0 Å². The molecule has 0 bridgehead atoms. The van der Waals surface area contributed by atoms with Crippen LogP contribution in [0.3, 0.4) is 0 Å². The van der Waals surface area contributed by atoms with Gasteiger partial charge in [0.05, 0.1) is 0 Å². The van der Waals surface area contributed by atoms with Crippen molar-refractivity contribution in [2.45, 2.75) is 59.0 Å². The van der Waals surface area contributed by atoms with Gasteiger partial charge in [-0.2, -0.15) is 0 Å². The van der Waals surface area contributed by atoms with E-state index in [-0.39, 0.29) is 5.54 Å². The van der Waals surface area contributed by atoms with Gasteiger partial charge in [0.25, 0.3) is 0 Å². The minimum Gasteiger partial charge on any atom is -0.310 e. The largest absolute Gasteiger partial charge is 0.310 e. The van der Waals surface area contributed by atoms with Gasteiger partial charge in [0.1, 0.15) is 0 Å². The maximum absolute atomic E-state index is 3.64. The zero-order chi connectivity index (χ0) is 11.7. The Morgan fingerprint density at radius 1 is 1.20 bits per heavy atom. The fraction of sp³-hybridized carbons (Fsp3) is 1.00. The molecule has 0 unspecified atom stereocenters. The molecule has 0 radical (unpaired) electrons. The molecule has 15 heavy (non-hydrogen) atoms. The quantitative estimate of drug-likeness (QED) is 0.756. The third kappa shape index (κ3) is 3.76. The van der Waals surface area contributed by atoms with E-state index >= 15 is 0 Å². The molecule has 0 aromatic carbocycles. The summed E-state index contributed by atoms with van der Waals surface area (Å²) in [6, 6.07) is 0. The molecule has 0 amide bonds. The normalized spacial score (nSPS) is 26.6.